The Balaban J connectivity index is 1.34. The van der Waals surface area contributed by atoms with Gasteiger partial charge >= 0.3 is 0 Å². The van der Waals surface area contributed by atoms with Crippen LogP contribution in [0.1, 0.15) is 24.1 Å². The molecular weight excluding hydrogens is 296 g/mol. The average molecular weight is 320 g/mol. The minimum Gasteiger partial charge on any atom is -0.381 e. The van der Waals surface area contributed by atoms with Crippen molar-refractivity contribution in [1.82, 2.24) is 10.2 Å². The number of likely N-dealkylation sites (tertiary alicyclic amines) is 1. The molecule has 1 amide bonds. The summed E-state index contributed by atoms with van der Waals surface area (Å²) in [6, 6.07) is 4.80. The van der Waals surface area contributed by atoms with E-state index in [1.807, 2.05) is 11.3 Å². The number of nitrogens with one attached hydrogen (secondary N) is 1. The maximum absolute atomic E-state index is 12.1. The summed E-state index contributed by atoms with van der Waals surface area (Å²) in [6.07, 6.45) is 2.96. The Morgan fingerprint density at radius 2 is 2.27 bits per heavy atom. The number of hydrogen-bond acceptors (Lipinski definition) is 4. The highest BCUT2D eigenvalue weighted by atomic mass is 32.1. The first-order chi connectivity index (χ1) is 10.8. The minimum absolute atomic E-state index is 0.230. The van der Waals surface area contributed by atoms with Gasteiger partial charge in [0.1, 0.15) is 0 Å². The number of carbonyl (C=O) groups excluding carboxylic acids is 1. The van der Waals surface area contributed by atoms with Crippen LogP contribution in [0.2, 0.25) is 0 Å². The molecule has 0 unspecified atom stereocenters. The van der Waals surface area contributed by atoms with Gasteiger partial charge in [-0.05, 0) is 42.0 Å². The van der Waals surface area contributed by atoms with Gasteiger partial charge in [0.2, 0.25) is 5.91 Å². The van der Waals surface area contributed by atoms with Gasteiger partial charge in [0.05, 0.1) is 13.2 Å². The van der Waals surface area contributed by atoms with Crippen LogP contribution in [0.25, 0.3) is 0 Å². The lowest BCUT2D eigenvalue weighted by molar-refractivity contribution is -0.124. The second-order valence-corrected chi connectivity index (χ2v) is 8.07. The topological polar surface area (TPSA) is 41.6 Å². The highest BCUT2D eigenvalue weighted by Crippen LogP contribution is 2.36. The average Bonchev–Trinajstić information content (AvgIpc) is 3.00. The fourth-order valence-electron chi connectivity index (χ4n) is 3.91. The molecule has 1 aromatic heterocycles. The third kappa shape index (κ3) is 3.36. The Labute approximate surface area is 135 Å². The molecule has 3 atom stereocenters. The van der Waals surface area contributed by atoms with Crippen molar-refractivity contribution in [2.75, 3.05) is 26.3 Å². The molecule has 0 spiro atoms. The fourth-order valence-corrected chi connectivity index (χ4v) is 4.65. The summed E-state index contributed by atoms with van der Waals surface area (Å²) in [5, 5.41) is 5.27. The van der Waals surface area contributed by atoms with Crippen molar-refractivity contribution in [2.45, 2.75) is 31.8 Å². The van der Waals surface area contributed by atoms with Gasteiger partial charge in [-0.3, -0.25) is 9.69 Å². The smallest absolute Gasteiger partial charge is 0.220 e. The predicted octanol–water partition coefficient (Wildman–Crippen LogP) is 2.11. The molecule has 3 fully saturated rings. The van der Waals surface area contributed by atoms with Crippen molar-refractivity contribution in [2.24, 2.45) is 17.8 Å². The SMILES string of the molecule is O=C(C[C@@H]1COC[C@H]2CN(Cc3cccs3)C[C@@H]12)NC1CC1. The molecule has 1 saturated carbocycles. The van der Waals surface area contributed by atoms with Crippen LogP contribution in [0.4, 0.5) is 0 Å². The van der Waals surface area contributed by atoms with E-state index in [0.29, 0.717) is 30.2 Å². The van der Waals surface area contributed by atoms with Gasteiger partial charge in [0.15, 0.2) is 0 Å². The first-order valence-corrected chi connectivity index (χ1v) is 9.28. The molecule has 3 aliphatic rings. The van der Waals surface area contributed by atoms with Crippen molar-refractivity contribution in [3.05, 3.63) is 22.4 Å². The maximum Gasteiger partial charge on any atom is 0.220 e. The summed E-state index contributed by atoms with van der Waals surface area (Å²) >= 11 is 1.83. The van der Waals surface area contributed by atoms with Gasteiger partial charge in [-0.15, -0.1) is 11.3 Å². The number of rotatable bonds is 5. The van der Waals surface area contributed by atoms with Crippen LogP contribution in [-0.4, -0.2) is 43.2 Å². The molecule has 0 aromatic carbocycles. The van der Waals surface area contributed by atoms with Crippen LogP contribution in [-0.2, 0) is 16.1 Å². The van der Waals surface area contributed by atoms with Crippen LogP contribution in [0.3, 0.4) is 0 Å². The monoisotopic (exact) mass is 320 g/mol. The van der Waals surface area contributed by atoms with Crippen molar-refractivity contribution < 1.29 is 9.53 Å². The van der Waals surface area contributed by atoms with Gasteiger partial charge < -0.3 is 10.1 Å². The Morgan fingerprint density at radius 1 is 1.36 bits per heavy atom. The Kier molecular flexibility index (Phi) is 4.20. The predicted molar refractivity (Wildman–Crippen MR) is 86.7 cm³/mol. The molecular formula is C17H24N2O2S. The van der Waals surface area contributed by atoms with E-state index in [0.717, 1.165) is 45.7 Å². The second kappa shape index (κ2) is 6.30. The summed E-state index contributed by atoms with van der Waals surface area (Å²) in [6.45, 7) is 4.90. The molecule has 120 valence electrons. The van der Waals surface area contributed by atoms with E-state index in [1.54, 1.807) is 0 Å². The van der Waals surface area contributed by atoms with Gasteiger partial charge in [0, 0.05) is 37.0 Å². The molecule has 2 aliphatic heterocycles. The van der Waals surface area contributed by atoms with Gasteiger partial charge in [0.25, 0.3) is 0 Å². The summed E-state index contributed by atoms with van der Waals surface area (Å²) in [5.41, 5.74) is 0. The quantitative estimate of drug-likeness (QED) is 0.903. The van der Waals surface area contributed by atoms with E-state index in [9.17, 15) is 4.79 Å². The lowest BCUT2D eigenvalue weighted by atomic mass is 9.81. The van der Waals surface area contributed by atoms with Gasteiger partial charge in [-0.2, -0.15) is 0 Å². The van der Waals surface area contributed by atoms with Gasteiger partial charge in [-0.25, -0.2) is 0 Å². The number of amides is 1. The van der Waals surface area contributed by atoms with E-state index in [-0.39, 0.29) is 5.91 Å². The molecule has 1 aromatic rings. The van der Waals surface area contributed by atoms with Crippen LogP contribution >= 0.6 is 11.3 Å². The number of nitrogens with zero attached hydrogens (tertiary/aromatic N) is 1. The minimum atomic E-state index is 0.230. The standard InChI is InChI=1S/C17H24N2O2S/c20-17(18-14-3-4-14)6-12-10-21-11-13-7-19(9-16(12)13)8-15-2-1-5-22-15/h1-2,5,12-14,16H,3-4,6-11H2,(H,18,20)/t12-,13-,16+/m1/s1. The van der Waals surface area contributed by atoms with Crippen LogP contribution in [0.5, 0.6) is 0 Å². The normalized spacial score (nSPS) is 31.9. The van der Waals surface area contributed by atoms with Crippen LogP contribution in [0.15, 0.2) is 17.5 Å². The Morgan fingerprint density at radius 3 is 3.05 bits per heavy atom. The maximum atomic E-state index is 12.1. The summed E-state index contributed by atoms with van der Waals surface area (Å²) in [7, 11) is 0. The largest absolute Gasteiger partial charge is 0.381 e. The van der Waals surface area contributed by atoms with E-state index in [1.165, 1.54) is 4.88 Å². The zero-order chi connectivity index (χ0) is 14.9. The third-order valence-corrected chi connectivity index (χ3v) is 6.05. The number of thiophene rings is 1. The first kappa shape index (κ1) is 14.7. The van der Waals surface area contributed by atoms with E-state index in [2.05, 4.69) is 27.7 Å². The number of hydrogen-bond donors (Lipinski definition) is 1. The summed E-state index contributed by atoms with van der Waals surface area (Å²) in [5.74, 6) is 1.85. The van der Waals surface area contributed by atoms with Crippen molar-refractivity contribution in [3.63, 3.8) is 0 Å². The van der Waals surface area contributed by atoms with Crippen LogP contribution < -0.4 is 5.32 Å². The van der Waals surface area contributed by atoms with E-state index in [4.69, 9.17) is 4.74 Å². The number of ether oxygens (including phenoxy) is 1. The molecule has 22 heavy (non-hydrogen) atoms. The molecule has 5 heteroatoms. The molecule has 4 rings (SSSR count). The van der Waals surface area contributed by atoms with Crippen molar-refractivity contribution in [3.8, 4) is 0 Å². The molecule has 1 N–H and O–H groups in total. The second-order valence-electron chi connectivity index (χ2n) is 7.04. The van der Waals surface area contributed by atoms with E-state index >= 15 is 0 Å². The number of carbonyl (C=O) groups is 1. The first-order valence-electron chi connectivity index (χ1n) is 8.40. The van der Waals surface area contributed by atoms with Crippen molar-refractivity contribution >= 4 is 17.2 Å². The fraction of sp³-hybridized carbons (Fsp3) is 0.706. The molecule has 3 heterocycles. The molecule has 0 radical (unpaired) electrons. The zero-order valence-electron chi connectivity index (χ0n) is 12.9. The molecule has 0 bridgehead atoms. The number of fused-ring (bicyclic) bond motifs is 1. The van der Waals surface area contributed by atoms with Gasteiger partial charge in [-0.1, -0.05) is 6.07 Å². The summed E-state index contributed by atoms with van der Waals surface area (Å²) in [4.78, 5) is 16.1. The highest BCUT2D eigenvalue weighted by molar-refractivity contribution is 7.09. The molecule has 2 saturated heterocycles. The lowest BCUT2D eigenvalue weighted by Crippen LogP contribution is -2.38. The van der Waals surface area contributed by atoms with Crippen molar-refractivity contribution in [1.29, 1.82) is 0 Å². The van der Waals surface area contributed by atoms with E-state index < -0.39 is 0 Å². The summed E-state index contributed by atoms with van der Waals surface area (Å²) < 4.78 is 5.80. The van der Waals surface area contributed by atoms with Crippen LogP contribution in [0, 0.1) is 17.8 Å². The Bertz CT molecular complexity index is 515. The lowest BCUT2D eigenvalue weighted by Gasteiger charge is -2.32. The third-order valence-electron chi connectivity index (χ3n) is 5.19. The molecule has 4 nitrogen and oxygen atoms in total. The molecule has 1 aliphatic carbocycles. The Hall–Kier alpha value is -0.910. The zero-order valence-corrected chi connectivity index (χ0v) is 13.7. The highest BCUT2D eigenvalue weighted by Gasteiger charge is 2.41.